The van der Waals surface area contributed by atoms with Gasteiger partial charge in [-0.3, -0.25) is 0 Å². The van der Waals surface area contributed by atoms with Crippen molar-refractivity contribution in [1.29, 1.82) is 0 Å². The lowest BCUT2D eigenvalue weighted by Crippen LogP contribution is -2.18. The molecule has 5 nitrogen and oxygen atoms in total. The molecule has 0 radical (unpaired) electrons. The monoisotopic (exact) mass is 319 g/mol. The minimum Gasteiger partial charge on any atom is -0.404 e. The van der Waals surface area contributed by atoms with Crippen molar-refractivity contribution in [2.24, 2.45) is 11.5 Å². The Balaban J connectivity index is 2.20. The van der Waals surface area contributed by atoms with Gasteiger partial charge in [-0.05, 0) is 18.9 Å². The molecule has 0 spiro atoms. The normalized spacial score (nSPS) is 16.2. The van der Waals surface area contributed by atoms with Gasteiger partial charge in [-0.15, -0.1) is 0 Å². The molecule has 1 fully saturated rings. The van der Waals surface area contributed by atoms with Crippen LogP contribution in [0.15, 0.2) is 30.2 Å². The Kier molecular flexibility index (Phi) is 3.71. The van der Waals surface area contributed by atoms with Gasteiger partial charge in [0.1, 0.15) is 5.82 Å². The van der Waals surface area contributed by atoms with E-state index in [0.29, 0.717) is 28.3 Å². The maximum Gasteiger partial charge on any atom is 0.161 e. The predicted octanol–water partition coefficient (Wildman–Crippen LogP) is 2.31. The summed E-state index contributed by atoms with van der Waals surface area (Å²) in [5.74, 6) is -0.716. The Hall–Kier alpha value is -2.57. The van der Waals surface area contributed by atoms with Gasteiger partial charge in [0.15, 0.2) is 11.6 Å². The summed E-state index contributed by atoms with van der Waals surface area (Å²) in [6.07, 6.45) is 5.06. The van der Waals surface area contributed by atoms with Gasteiger partial charge in [0, 0.05) is 44.0 Å². The number of benzene rings is 1. The van der Waals surface area contributed by atoms with Crippen molar-refractivity contribution in [3.8, 4) is 0 Å². The van der Waals surface area contributed by atoms with Crippen molar-refractivity contribution < 1.29 is 8.78 Å². The average Bonchev–Trinajstić information content (AvgIpc) is 3.27. The van der Waals surface area contributed by atoms with Crippen LogP contribution in [0.2, 0.25) is 0 Å². The zero-order valence-corrected chi connectivity index (χ0v) is 13.1. The van der Waals surface area contributed by atoms with Crippen LogP contribution in [-0.2, 0) is 0 Å². The zero-order chi connectivity index (χ0) is 16.7. The topological polar surface area (TPSA) is 73.1 Å². The standard InChI is InChI=1S/C16H19F2N5/c1-22(2)15(20)5-9(8-19)16-21-13-6-11(17)12(18)7-14(13)23(16)10-3-4-10/h5-8,10H,3-4,19-20H2,1-2H3/b9-8+,15-5+. The van der Waals surface area contributed by atoms with Crippen molar-refractivity contribution in [2.45, 2.75) is 18.9 Å². The van der Waals surface area contributed by atoms with E-state index in [1.54, 1.807) is 11.0 Å². The molecular formula is C16H19F2N5. The molecule has 23 heavy (non-hydrogen) atoms. The third-order valence-electron chi connectivity index (χ3n) is 3.90. The Labute approximate surface area is 132 Å². The Bertz CT molecular complexity index is 815. The second-order valence-corrected chi connectivity index (χ2v) is 5.88. The van der Waals surface area contributed by atoms with Crippen molar-refractivity contribution in [3.63, 3.8) is 0 Å². The molecule has 0 atom stereocenters. The summed E-state index contributed by atoms with van der Waals surface area (Å²) in [4.78, 5) is 6.19. The summed E-state index contributed by atoms with van der Waals surface area (Å²) in [7, 11) is 3.63. The molecule has 1 heterocycles. The SMILES string of the molecule is CN(C)/C(N)=C/C(=C\N)c1nc2cc(F)c(F)cc2n1C1CC1. The van der Waals surface area contributed by atoms with Crippen LogP contribution >= 0.6 is 0 Å². The molecule has 1 aliphatic rings. The number of rotatable bonds is 4. The minimum atomic E-state index is -0.911. The van der Waals surface area contributed by atoms with Crippen LogP contribution in [0.4, 0.5) is 8.78 Å². The highest BCUT2D eigenvalue weighted by Crippen LogP contribution is 2.40. The van der Waals surface area contributed by atoms with Crippen molar-refractivity contribution >= 4 is 16.6 Å². The molecule has 0 amide bonds. The third kappa shape index (κ3) is 2.74. The van der Waals surface area contributed by atoms with E-state index in [0.717, 1.165) is 18.9 Å². The number of aromatic nitrogens is 2. The lowest BCUT2D eigenvalue weighted by atomic mass is 10.2. The fourth-order valence-corrected chi connectivity index (χ4v) is 2.47. The van der Waals surface area contributed by atoms with Crippen molar-refractivity contribution in [3.05, 3.63) is 47.7 Å². The van der Waals surface area contributed by atoms with Gasteiger partial charge in [0.25, 0.3) is 0 Å². The first-order valence-electron chi connectivity index (χ1n) is 7.36. The van der Waals surface area contributed by atoms with Crippen LogP contribution in [0.3, 0.4) is 0 Å². The summed E-state index contributed by atoms with van der Waals surface area (Å²) < 4.78 is 29.0. The molecule has 0 unspecified atom stereocenters. The summed E-state index contributed by atoms with van der Waals surface area (Å²) in [5.41, 5.74) is 13.3. The van der Waals surface area contributed by atoms with E-state index in [1.807, 2.05) is 18.7 Å². The number of hydrogen-bond acceptors (Lipinski definition) is 4. The van der Waals surface area contributed by atoms with Gasteiger partial charge in [-0.2, -0.15) is 0 Å². The summed E-state index contributed by atoms with van der Waals surface area (Å²) in [5, 5.41) is 0. The van der Waals surface area contributed by atoms with E-state index in [4.69, 9.17) is 11.5 Å². The number of hydrogen-bond donors (Lipinski definition) is 2. The van der Waals surface area contributed by atoms with Gasteiger partial charge < -0.3 is 20.9 Å². The highest BCUT2D eigenvalue weighted by atomic mass is 19.2. The quantitative estimate of drug-likeness (QED) is 0.848. The molecule has 7 heteroatoms. The van der Waals surface area contributed by atoms with Crippen molar-refractivity contribution in [2.75, 3.05) is 14.1 Å². The molecule has 0 saturated heterocycles. The lowest BCUT2D eigenvalue weighted by Gasteiger charge is -2.14. The molecule has 2 aromatic rings. The first-order chi connectivity index (χ1) is 10.9. The first kappa shape index (κ1) is 15.3. The fraction of sp³-hybridized carbons (Fsp3) is 0.312. The molecule has 122 valence electrons. The number of allylic oxidation sites excluding steroid dienone is 2. The van der Waals surface area contributed by atoms with E-state index in [9.17, 15) is 8.78 Å². The molecule has 0 bridgehead atoms. The molecular weight excluding hydrogens is 300 g/mol. The number of nitrogens with two attached hydrogens (primary N) is 2. The number of fused-ring (bicyclic) bond motifs is 1. The molecule has 1 aromatic heterocycles. The molecule has 4 N–H and O–H groups in total. The minimum absolute atomic E-state index is 0.226. The van der Waals surface area contributed by atoms with Crippen LogP contribution in [0.25, 0.3) is 16.6 Å². The second-order valence-electron chi connectivity index (χ2n) is 5.88. The largest absolute Gasteiger partial charge is 0.404 e. The van der Waals surface area contributed by atoms with E-state index < -0.39 is 11.6 Å². The third-order valence-corrected chi connectivity index (χ3v) is 3.90. The highest BCUT2D eigenvalue weighted by Gasteiger charge is 2.29. The Morgan fingerprint density at radius 1 is 1.30 bits per heavy atom. The Morgan fingerprint density at radius 2 is 1.96 bits per heavy atom. The Morgan fingerprint density at radius 3 is 2.52 bits per heavy atom. The van der Waals surface area contributed by atoms with E-state index in [2.05, 4.69) is 4.98 Å². The molecule has 1 saturated carbocycles. The van der Waals surface area contributed by atoms with Crippen LogP contribution in [0.1, 0.15) is 24.7 Å². The van der Waals surface area contributed by atoms with Gasteiger partial charge in [-0.25, -0.2) is 13.8 Å². The van der Waals surface area contributed by atoms with Crippen LogP contribution in [0, 0.1) is 11.6 Å². The van der Waals surface area contributed by atoms with Gasteiger partial charge in [0.05, 0.1) is 16.9 Å². The molecule has 1 aliphatic carbocycles. The summed E-state index contributed by atoms with van der Waals surface area (Å²) >= 11 is 0. The molecule has 3 rings (SSSR count). The van der Waals surface area contributed by atoms with Crippen LogP contribution in [-0.4, -0.2) is 28.5 Å². The summed E-state index contributed by atoms with van der Waals surface area (Å²) in [6.45, 7) is 0. The first-order valence-corrected chi connectivity index (χ1v) is 7.36. The second kappa shape index (κ2) is 5.57. The van der Waals surface area contributed by atoms with E-state index in [-0.39, 0.29) is 6.04 Å². The number of nitrogens with zero attached hydrogens (tertiary/aromatic N) is 3. The number of imidazole rings is 1. The van der Waals surface area contributed by atoms with Crippen LogP contribution < -0.4 is 11.5 Å². The summed E-state index contributed by atoms with van der Waals surface area (Å²) in [6, 6.07) is 2.52. The zero-order valence-electron chi connectivity index (χ0n) is 13.1. The van der Waals surface area contributed by atoms with Gasteiger partial charge >= 0.3 is 0 Å². The molecule has 0 aliphatic heterocycles. The predicted molar refractivity (Wildman–Crippen MR) is 86.0 cm³/mol. The average molecular weight is 319 g/mol. The van der Waals surface area contributed by atoms with Crippen LogP contribution in [0.5, 0.6) is 0 Å². The van der Waals surface area contributed by atoms with E-state index >= 15 is 0 Å². The van der Waals surface area contributed by atoms with Gasteiger partial charge in [-0.1, -0.05) is 0 Å². The van der Waals surface area contributed by atoms with E-state index in [1.165, 1.54) is 12.3 Å². The van der Waals surface area contributed by atoms with Crippen molar-refractivity contribution in [1.82, 2.24) is 14.5 Å². The smallest absolute Gasteiger partial charge is 0.161 e. The molecule has 1 aromatic carbocycles. The number of halogens is 2. The maximum absolute atomic E-state index is 13.6. The maximum atomic E-state index is 13.6. The lowest BCUT2D eigenvalue weighted by molar-refractivity contribution is 0.506. The van der Waals surface area contributed by atoms with Gasteiger partial charge in [0.2, 0.25) is 0 Å². The highest BCUT2D eigenvalue weighted by molar-refractivity contribution is 5.82. The fourth-order valence-electron chi connectivity index (χ4n) is 2.47.